The molecule has 1 aliphatic rings. The van der Waals surface area contributed by atoms with Crippen LogP contribution in [0.3, 0.4) is 0 Å². The van der Waals surface area contributed by atoms with Crippen LogP contribution in [0.1, 0.15) is 18.4 Å². The van der Waals surface area contributed by atoms with Gasteiger partial charge >= 0.3 is 0 Å². The molecule has 7 nitrogen and oxygen atoms in total. The normalized spacial score (nSPS) is 14.0. The minimum atomic E-state index is -0.0818. The molecule has 130 valence electrons. The highest BCUT2D eigenvalue weighted by atomic mass is 16.3. The van der Waals surface area contributed by atoms with Crippen molar-refractivity contribution in [1.82, 2.24) is 15.0 Å². The van der Waals surface area contributed by atoms with Crippen LogP contribution in [0.25, 0.3) is 22.0 Å². The van der Waals surface area contributed by atoms with E-state index >= 15 is 0 Å². The molecule has 0 aliphatic heterocycles. The highest BCUT2D eigenvalue weighted by molar-refractivity contribution is 5.86. The van der Waals surface area contributed by atoms with Crippen LogP contribution in [0.5, 0.6) is 0 Å². The summed E-state index contributed by atoms with van der Waals surface area (Å²) in [6.07, 6.45) is 3.91. The number of H-pyrrole nitrogens is 1. The molecule has 1 aromatic carbocycles. The Morgan fingerprint density at radius 1 is 1.19 bits per heavy atom. The fourth-order valence-electron chi connectivity index (χ4n) is 2.96. The SMILES string of the molecule is Cc1cc2ccc(Nc3nc(NC4CC4)c4occc4n3)cc2[nH]c1=O. The molecule has 7 heteroatoms. The van der Waals surface area contributed by atoms with Gasteiger partial charge in [-0.3, -0.25) is 4.79 Å². The monoisotopic (exact) mass is 347 g/mol. The molecule has 5 rings (SSSR count). The lowest BCUT2D eigenvalue weighted by molar-refractivity contribution is 0.614. The number of anilines is 3. The maximum absolute atomic E-state index is 11.9. The maximum Gasteiger partial charge on any atom is 0.251 e. The van der Waals surface area contributed by atoms with Gasteiger partial charge in [0, 0.05) is 23.4 Å². The van der Waals surface area contributed by atoms with Gasteiger partial charge in [0.25, 0.3) is 5.56 Å². The third kappa shape index (κ3) is 2.67. The van der Waals surface area contributed by atoms with Crippen molar-refractivity contribution in [3.8, 4) is 0 Å². The molecular formula is C19H17N5O2. The number of hydrogen-bond donors (Lipinski definition) is 3. The van der Waals surface area contributed by atoms with Crippen molar-refractivity contribution in [2.75, 3.05) is 10.6 Å². The quantitative estimate of drug-likeness (QED) is 0.521. The van der Waals surface area contributed by atoms with Crippen LogP contribution in [0.2, 0.25) is 0 Å². The van der Waals surface area contributed by atoms with Crippen LogP contribution in [-0.4, -0.2) is 21.0 Å². The van der Waals surface area contributed by atoms with Crippen LogP contribution < -0.4 is 16.2 Å². The predicted molar refractivity (Wildman–Crippen MR) is 101 cm³/mol. The molecule has 0 amide bonds. The average Bonchev–Trinajstić information content (AvgIpc) is 3.30. The number of nitrogens with one attached hydrogen (secondary N) is 3. The van der Waals surface area contributed by atoms with Gasteiger partial charge in [0.15, 0.2) is 11.4 Å². The van der Waals surface area contributed by atoms with Crippen molar-refractivity contribution in [3.63, 3.8) is 0 Å². The molecule has 0 atom stereocenters. The van der Waals surface area contributed by atoms with Crippen molar-refractivity contribution in [2.45, 2.75) is 25.8 Å². The minimum absolute atomic E-state index is 0.0818. The highest BCUT2D eigenvalue weighted by Crippen LogP contribution is 2.30. The Kier molecular flexibility index (Phi) is 3.21. The van der Waals surface area contributed by atoms with Gasteiger partial charge in [0.1, 0.15) is 5.52 Å². The topological polar surface area (TPSA) is 95.8 Å². The Balaban J connectivity index is 1.53. The maximum atomic E-state index is 11.9. The Bertz CT molecular complexity index is 1190. The van der Waals surface area contributed by atoms with Crippen LogP contribution in [0, 0.1) is 6.92 Å². The first kappa shape index (κ1) is 14.9. The molecule has 0 spiro atoms. The van der Waals surface area contributed by atoms with Crippen molar-refractivity contribution in [2.24, 2.45) is 0 Å². The van der Waals surface area contributed by atoms with E-state index in [1.54, 1.807) is 13.2 Å². The molecule has 0 saturated heterocycles. The predicted octanol–water partition coefficient (Wildman–Crippen LogP) is 3.69. The van der Waals surface area contributed by atoms with Crippen LogP contribution in [0.15, 0.2) is 45.8 Å². The molecule has 3 heterocycles. The first-order valence-electron chi connectivity index (χ1n) is 8.58. The zero-order valence-electron chi connectivity index (χ0n) is 14.2. The number of benzene rings is 1. The van der Waals surface area contributed by atoms with Gasteiger partial charge in [-0.1, -0.05) is 6.07 Å². The van der Waals surface area contributed by atoms with E-state index in [0.717, 1.165) is 34.9 Å². The number of rotatable bonds is 4. The summed E-state index contributed by atoms with van der Waals surface area (Å²) in [6, 6.07) is 9.94. The number of aromatic nitrogens is 3. The molecule has 3 N–H and O–H groups in total. The third-order valence-corrected chi connectivity index (χ3v) is 4.51. The summed E-state index contributed by atoms with van der Waals surface area (Å²) in [7, 11) is 0. The Labute approximate surface area is 148 Å². The highest BCUT2D eigenvalue weighted by Gasteiger charge is 2.23. The summed E-state index contributed by atoms with van der Waals surface area (Å²) in [6.45, 7) is 1.80. The summed E-state index contributed by atoms with van der Waals surface area (Å²) in [5.41, 5.74) is 3.60. The van der Waals surface area contributed by atoms with E-state index in [1.165, 1.54) is 0 Å². The van der Waals surface area contributed by atoms with E-state index in [0.29, 0.717) is 29.0 Å². The summed E-state index contributed by atoms with van der Waals surface area (Å²) in [4.78, 5) is 23.8. The zero-order valence-corrected chi connectivity index (χ0v) is 14.2. The number of furan rings is 1. The number of aryl methyl sites for hydroxylation is 1. The van der Waals surface area contributed by atoms with Gasteiger partial charge in [-0.05, 0) is 43.4 Å². The van der Waals surface area contributed by atoms with Crippen LogP contribution in [0.4, 0.5) is 17.5 Å². The standard InChI is InChI=1S/C19H17N5O2/c1-10-8-11-2-3-13(9-15(11)22-18(10)25)21-19-23-14-6-7-26-16(14)17(24-19)20-12-4-5-12/h2-3,6-9,12H,4-5H2,1H3,(H,22,25)(H2,20,21,23,24). The molecule has 26 heavy (non-hydrogen) atoms. The third-order valence-electron chi connectivity index (χ3n) is 4.51. The zero-order chi connectivity index (χ0) is 17.7. The van der Waals surface area contributed by atoms with E-state index in [1.807, 2.05) is 30.3 Å². The van der Waals surface area contributed by atoms with E-state index in [2.05, 4.69) is 25.6 Å². The molecule has 1 fully saturated rings. The van der Waals surface area contributed by atoms with E-state index in [4.69, 9.17) is 4.42 Å². The molecule has 4 aromatic rings. The minimum Gasteiger partial charge on any atom is -0.459 e. The average molecular weight is 347 g/mol. The number of aromatic amines is 1. The fraction of sp³-hybridized carbons (Fsp3) is 0.211. The first-order chi connectivity index (χ1) is 12.7. The van der Waals surface area contributed by atoms with Gasteiger partial charge in [-0.15, -0.1) is 0 Å². The number of nitrogens with zero attached hydrogens (tertiary/aromatic N) is 2. The smallest absolute Gasteiger partial charge is 0.251 e. The van der Waals surface area contributed by atoms with E-state index < -0.39 is 0 Å². The van der Waals surface area contributed by atoms with Gasteiger partial charge in [0.2, 0.25) is 5.95 Å². The lowest BCUT2D eigenvalue weighted by Gasteiger charge is -2.09. The van der Waals surface area contributed by atoms with E-state index in [-0.39, 0.29) is 5.56 Å². The molecule has 3 aromatic heterocycles. The summed E-state index contributed by atoms with van der Waals surface area (Å²) < 4.78 is 5.51. The van der Waals surface area contributed by atoms with Gasteiger partial charge in [-0.2, -0.15) is 4.98 Å². The Morgan fingerprint density at radius 3 is 2.92 bits per heavy atom. The second-order valence-corrected chi connectivity index (χ2v) is 6.66. The fourth-order valence-corrected chi connectivity index (χ4v) is 2.96. The number of hydrogen-bond acceptors (Lipinski definition) is 6. The lowest BCUT2D eigenvalue weighted by Crippen LogP contribution is -2.09. The molecule has 0 bridgehead atoms. The van der Waals surface area contributed by atoms with Crippen LogP contribution >= 0.6 is 0 Å². The second kappa shape index (κ2) is 5.59. The van der Waals surface area contributed by atoms with Crippen molar-refractivity contribution >= 4 is 39.5 Å². The molecule has 0 radical (unpaired) electrons. The van der Waals surface area contributed by atoms with Crippen molar-refractivity contribution in [3.05, 3.63) is 52.5 Å². The second-order valence-electron chi connectivity index (χ2n) is 6.66. The number of pyridine rings is 1. The van der Waals surface area contributed by atoms with E-state index in [9.17, 15) is 4.79 Å². The summed E-state index contributed by atoms with van der Waals surface area (Å²) >= 11 is 0. The van der Waals surface area contributed by atoms with Gasteiger partial charge in [0.05, 0.1) is 11.8 Å². The summed E-state index contributed by atoms with van der Waals surface area (Å²) in [5.74, 6) is 1.19. The summed E-state index contributed by atoms with van der Waals surface area (Å²) in [5, 5.41) is 7.58. The van der Waals surface area contributed by atoms with Crippen molar-refractivity contribution < 1.29 is 4.42 Å². The van der Waals surface area contributed by atoms with Gasteiger partial charge in [-0.25, -0.2) is 4.98 Å². The lowest BCUT2D eigenvalue weighted by atomic mass is 10.1. The van der Waals surface area contributed by atoms with Gasteiger partial charge < -0.3 is 20.0 Å². The van der Waals surface area contributed by atoms with Crippen molar-refractivity contribution in [1.29, 1.82) is 0 Å². The largest absolute Gasteiger partial charge is 0.459 e. The molecule has 1 aliphatic carbocycles. The Morgan fingerprint density at radius 2 is 2.08 bits per heavy atom. The first-order valence-corrected chi connectivity index (χ1v) is 8.58. The number of fused-ring (bicyclic) bond motifs is 2. The Hall–Kier alpha value is -3.35. The molecule has 1 saturated carbocycles. The molecule has 0 unspecified atom stereocenters. The molecular weight excluding hydrogens is 330 g/mol. The van der Waals surface area contributed by atoms with Crippen LogP contribution in [-0.2, 0) is 0 Å².